The lowest BCUT2D eigenvalue weighted by Gasteiger charge is -2.07. The zero-order valence-corrected chi connectivity index (χ0v) is 16.7. The van der Waals surface area contributed by atoms with Crippen molar-refractivity contribution in [2.75, 3.05) is 0 Å². The molecule has 0 fully saturated rings. The summed E-state index contributed by atoms with van der Waals surface area (Å²) in [5.74, 6) is 0.210. The topological polar surface area (TPSA) is 39.2 Å². The Bertz CT molecular complexity index is 881. The van der Waals surface area contributed by atoms with Gasteiger partial charge in [0.1, 0.15) is 5.75 Å². The van der Waals surface area contributed by atoms with E-state index in [-0.39, 0.29) is 5.97 Å². The second-order valence-corrected chi connectivity index (χ2v) is 6.97. The first-order chi connectivity index (χ1) is 13.7. The van der Waals surface area contributed by atoms with E-state index < -0.39 is 0 Å². The Hall–Kier alpha value is -2.94. The number of carbonyl (C=O) groups is 1. The molecule has 3 heteroatoms. The molecule has 2 aromatic carbocycles. The molecule has 0 saturated heterocycles. The summed E-state index contributed by atoms with van der Waals surface area (Å²) in [4.78, 5) is 16.9. The van der Waals surface area contributed by atoms with Crippen molar-refractivity contribution in [3.8, 4) is 17.0 Å². The number of benzene rings is 2. The molecule has 1 aromatic heterocycles. The van der Waals surface area contributed by atoms with Crippen LogP contribution in [-0.2, 0) is 12.8 Å². The van der Waals surface area contributed by atoms with Crippen LogP contribution in [0.1, 0.15) is 54.6 Å². The fourth-order valence-corrected chi connectivity index (χ4v) is 3.06. The normalized spacial score (nSPS) is 10.6. The molecule has 0 N–H and O–H groups in total. The Balaban J connectivity index is 1.62. The molecule has 3 nitrogen and oxygen atoms in total. The molecule has 0 spiro atoms. The molecular weight excluding hydrogens is 346 g/mol. The molecule has 0 radical (unpaired) electrons. The first-order valence-electron chi connectivity index (χ1n) is 10.1. The number of aromatic nitrogens is 1. The molecule has 3 aromatic rings. The molecule has 1 heterocycles. The highest BCUT2D eigenvalue weighted by molar-refractivity contribution is 5.91. The Morgan fingerprint density at radius 3 is 2.18 bits per heavy atom. The number of aryl methyl sites for hydroxylation is 2. The number of esters is 1. The van der Waals surface area contributed by atoms with E-state index in [1.165, 1.54) is 30.4 Å². The number of rotatable bonds is 8. The molecule has 28 heavy (non-hydrogen) atoms. The van der Waals surface area contributed by atoms with Crippen LogP contribution in [0.25, 0.3) is 11.3 Å². The minimum atomic E-state index is -0.352. The lowest BCUT2D eigenvalue weighted by Crippen LogP contribution is -2.08. The summed E-state index contributed by atoms with van der Waals surface area (Å²) < 4.78 is 5.45. The van der Waals surface area contributed by atoms with Crippen LogP contribution in [0.2, 0.25) is 0 Å². The lowest BCUT2D eigenvalue weighted by atomic mass is 10.1. The zero-order chi connectivity index (χ0) is 19.8. The van der Waals surface area contributed by atoms with Crippen molar-refractivity contribution in [2.24, 2.45) is 0 Å². The maximum Gasteiger partial charge on any atom is 0.343 e. The van der Waals surface area contributed by atoms with Crippen molar-refractivity contribution < 1.29 is 9.53 Å². The second-order valence-electron chi connectivity index (χ2n) is 6.97. The monoisotopic (exact) mass is 373 g/mol. The van der Waals surface area contributed by atoms with Gasteiger partial charge in [0.25, 0.3) is 0 Å². The maximum absolute atomic E-state index is 12.3. The highest BCUT2D eigenvalue weighted by atomic mass is 16.5. The van der Waals surface area contributed by atoms with E-state index in [0.29, 0.717) is 11.3 Å². The van der Waals surface area contributed by atoms with E-state index in [0.717, 1.165) is 24.1 Å². The summed E-state index contributed by atoms with van der Waals surface area (Å²) >= 11 is 0. The first kappa shape index (κ1) is 19.8. The molecular formula is C25H27NO2. The van der Waals surface area contributed by atoms with E-state index in [9.17, 15) is 4.79 Å². The van der Waals surface area contributed by atoms with E-state index in [2.05, 4.69) is 24.9 Å². The van der Waals surface area contributed by atoms with Crippen LogP contribution in [0.15, 0.2) is 66.9 Å². The van der Waals surface area contributed by atoms with Gasteiger partial charge in [0.2, 0.25) is 0 Å². The van der Waals surface area contributed by atoms with Gasteiger partial charge in [-0.05, 0) is 60.7 Å². The maximum atomic E-state index is 12.3. The van der Waals surface area contributed by atoms with E-state index in [1.54, 1.807) is 12.1 Å². The van der Waals surface area contributed by atoms with Gasteiger partial charge >= 0.3 is 5.97 Å². The highest BCUT2D eigenvalue weighted by Gasteiger charge is 2.09. The van der Waals surface area contributed by atoms with Gasteiger partial charge in [-0.25, -0.2) is 4.79 Å². The molecule has 0 aliphatic carbocycles. The molecule has 0 unspecified atom stereocenters. The molecule has 0 bridgehead atoms. The molecule has 144 valence electrons. The predicted molar refractivity (Wildman–Crippen MR) is 114 cm³/mol. The molecule has 0 atom stereocenters. The fourth-order valence-electron chi connectivity index (χ4n) is 3.06. The van der Waals surface area contributed by atoms with E-state index in [4.69, 9.17) is 4.74 Å². The SMILES string of the molecule is CCCCCc1ccc(-c2ccc(C(=O)Oc3ccc(CC)cc3)cc2)nc1. The minimum absolute atomic E-state index is 0.352. The lowest BCUT2D eigenvalue weighted by molar-refractivity contribution is 0.0735. The highest BCUT2D eigenvalue weighted by Crippen LogP contribution is 2.20. The number of hydrogen-bond acceptors (Lipinski definition) is 3. The zero-order valence-electron chi connectivity index (χ0n) is 16.7. The summed E-state index contributed by atoms with van der Waals surface area (Å²) in [7, 11) is 0. The van der Waals surface area contributed by atoms with Gasteiger partial charge in [0.05, 0.1) is 11.3 Å². The number of ether oxygens (including phenoxy) is 1. The molecule has 0 aliphatic heterocycles. The van der Waals surface area contributed by atoms with Gasteiger partial charge in [-0.1, -0.05) is 57.0 Å². The second kappa shape index (κ2) is 9.84. The van der Waals surface area contributed by atoms with Gasteiger partial charge in [0.15, 0.2) is 0 Å². The summed E-state index contributed by atoms with van der Waals surface area (Å²) in [5.41, 5.74) is 4.91. The van der Waals surface area contributed by atoms with Crippen LogP contribution in [0, 0.1) is 0 Å². The van der Waals surface area contributed by atoms with Crippen molar-refractivity contribution in [3.63, 3.8) is 0 Å². The summed E-state index contributed by atoms with van der Waals surface area (Å²) in [6.07, 6.45) is 7.67. The Kier molecular flexibility index (Phi) is 6.96. The third-order valence-electron chi connectivity index (χ3n) is 4.85. The summed E-state index contributed by atoms with van der Waals surface area (Å²) in [5, 5.41) is 0. The molecule has 0 amide bonds. The quantitative estimate of drug-likeness (QED) is 0.266. The van der Waals surface area contributed by atoms with E-state index in [1.807, 2.05) is 48.7 Å². The molecule has 0 aliphatic rings. The predicted octanol–water partition coefficient (Wildman–Crippen LogP) is 6.26. The minimum Gasteiger partial charge on any atom is -0.423 e. The van der Waals surface area contributed by atoms with E-state index >= 15 is 0 Å². The van der Waals surface area contributed by atoms with Crippen LogP contribution >= 0.6 is 0 Å². The fraction of sp³-hybridized carbons (Fsp3) is 0.280. The number of hydrogen-bond donors (Lipinski definition) is 0. The number of unbranched alkanes of at least 4 members (excludes halogenated alkanes) is 2. The van der Waals surface area contributed by atoms with Gasteiger partial charge in [0, 0.05) is 11.8 Å². The van der Waals surface area contributed by atoms with Crippen LogP contribution < -0.4 is 4.74 Å². The number of nitrogens with zero attached hydrogens (tertiary/aromatic N) is 1. The molecule has 3 rings (SSSR count). The standard InChI is InChI=1S/C25H27NO2/c1-3-5-6-7-20-10-17-24(26-18-20)21-11-13-22(14-12-21)25(27)28-23-15-8-19(4-2)9-16-23/h8-18H,3-7H2,1-2H3. The summed E-state index contributed by atoms with van der Waals surface area (Å²) in [6, 6.07) is 19.2. The van der Waals surface area contributed by atoms with Crippen molar-refractivity contribution in [1.29, 1.82) is 0 Å². The van der Waals surface area contributed by atoms with Crippen molar-refractivity contribution in [2.45, 2.75) is 46.0 Å². The Morgan fingerprint density at radius 1 is 0.857 bits per heavy atom. The average molecular weight is 373 g/mol. The average Bonchev–Trinajstić information content (AvgIpc) is 2.75. The van der Waals surface area contributed by atoms with Gasteiger partial charge < -0.3 is 4.74 Å². The van der Waals surface area contributed by atoms with Crippen LogP contribution in [0.3, 0.4) is 0 Å². The van der Waals surface area contributed by atoms with Crippen molar-refractivity contribution in [1.82, 2.24) is 4.98 Å². The Morgan fingerprint density at radius 2 is 1.57 bits per heavy atom. The number of carbonyl (C=O) groups excluding carboxylic acids is 1. The third-order valence-corrected chi connectivity index (χ3v) is 4.85. The van der Waals surface area contributed by atoms with Gasteiger partial charge in [-0.15, -0.1) is 0 Å². The smallest absolute Gasteiger partial charge is 0.343 e. The Labute approximate surface area is 167 Å². The largest absolute Gasteiger partial charge is 0.423 e. The van der Waals surface area contributed by atoms with Crippen LogP contribution in [0.5, 0.6) is 5.75 Å². The first-order valence-corrected chi connectivity index (χ1v) is 10.1. The van der Waals surface area contributed by atoms with Crippen molar-refractivity contribution in [3.05, 3.63) is 83.6 Å². The molecule has 0 saturated carbocycles. The van der Waals surface area contributed by atoms with Crippen LogP contribution in [0.4, 0.5) is 0 Å². The van der Waals surface area contributed by atoms with Crippen LogP contribution in [-0.4, -0.2) is 11.0 Å². The summed E-state index contributed by atoms with van der Waals surface area (Å²) in [6.45, 7) is 4.31. The third kappa shape index (κ3) is 5.29. The van der Waals surface area contributed by atoms with Crippen molar-refractivity contribution >= 4 is 5.97 Å². The van der Waals surface area contributed by atoms with Gasteiger partial charge in [-0.3, -0.25) is 4.98 Å². The number of pyridine rings is 1. The van der Waals surface area contributed by atoms with Gasteiger partial charge in [-0.2, -0.15) is 0 Å².